The van der Waals surface area contributed by atoms with E-state index in [1.807, 2.05) is 6.07 Å². The standard InChI is InChI=1S/C10H14N4O4/c1-10(2)17-8-6(13-14-12)7(5(15)3-4-11)16-9(8)18-10/h5-9,15H,3H2,1-2H3/t5-,6?,7?,8-,9-/m1/s1. The fourth-order valence-electron chi connectivity index (χ4n) is 2.24. The largest absolute Gasteiger partial charge is 0.389 e. The van der Waals surface area contributed by atoms with Gasteiger partial charge in [-0.1, -0.05) is 5.11 Å². The first kappa shape index (κ1) is 13.1. The minimum atomic E-state index is -1.04. The number of ether oxygens (including phenoxy) is 3. The highest BCUT2D eigenvalue weighted by atomic mass is 16.8. The number of rotatable bonds is 3. The molecule has 0 aromatic heterocycles. The Morgan fingerprint density at radius 3 is 2.89 bits per heavy atom. The summed E-state index contributed by atoms with van der Waals surface area (Å²) in [5.74, 6) is -0.816. The molecule has 2 aliphatic heterocycles. The van der Waals surface area contributed by atoms with Gasteiger partial charge in [-0.25, -0.2) is 0 Å². The number of nitriles is 1. The Morgan fingerprint density at radius 1 is 1.56 bits per heavy atom. The fraction of sp³-hybridized carbons (Fsp3) is 0.900. The Morgan fingerprint density at radius 2 is 2.28 bits per heavy atom. The van der Waals surface area contributed by atoms with Crippen LogP contribution >= 0.6 is 0 Å². The van der Waals surface area contributed by atoms with Gasteiger partial charge in [0, 0.05) is 4.91 Å². The van der Waals surface area contributed by atoms with Crippen LogP contribution in [0.1, 0.15) is 20.3 Å². The van der Waals surface area contributed by atoms with E-state index in [4.69, 9.17) is 25.0 Å². The van der Waals surface area contributed by atoms with Crippen molar-refractivity contribution in [2.24, 2.45) is 5.11 Å². The maximum atomic E-state index is 9.79. The van der Waals surface area contributed by atoms with Gasteiger partial charge in [0.2, 0.25) is 0 Å². The van der Waals surface area contributed by atoms with Crippen LogP contribution < -0.4 is 0 Å². The van der Waals surface area contributed by atoms with Gasteiger partial charge in [0.1, 0.15) is 6.10 Å². The van der Waals surface area contributed by atoms with Gasteiger partial charge in [0.15, 0.2) is 12.1 Å². The second kappa shape index (κ2) is 4.72. The van der Waals surface area contributed by atoms with Crippen molar-refractivity contribution in [1.82, 2.24) is 0 Å². The molecule has 1 N–H and O–H groups in total. The number of aliphatic hydroxyl groups is 1. The summed E-state index contributed by atoms with van der Waals surface area (Å²) in [6.45, 7) is 3.45. The highest BCUT2D eigenvalue weighted by Crippen LogP contribution is 2.40. The molecule has 2 aliphatic rings. The molecule has 8 heteroatoms. The predicted octanol–water partition coefficient (Wildman–Crippen LogP) is 0.816. The van der Waals surface area contributed by atoms with E-state index in [2.05, 4.69) is 10.0 Å². The molecular weight excluding hydrogens is 240 g/mol. The third kappa shape index (κ3) is 2.27. The van der Waals surface area contributed by atoms with Gasteiger partial charge in [0.25, 0.3) is 0 Å². The molecule has 0 amide bonds. The van der Waals surface area contributed by atoms with Gasteiger partial charge >= 0.3 is 0 Å². The Kier molecular flexibility index (Phi) is 3.43. The molecule has 2 heterocycles. The van der Waals surface area contributed by atoms with E-state index in [9.17, 15) is 5.11 Å². The lowest BCUT2D eigenvalue weighted by Gasteiger charge is -2.25. The van der Waals surface area contributed by atoms with Crippen LogP contribution in [0.15, 0.2) is 5.11 Å². The molecule has 0 aromatic rings. The third-order valence-electron chi connectivity index (χ3n) is 2.92. The number of azide groups is 1. The lowest BCUT2D eigenvalue weighted by molar-refractivity contribution is -0.215. The first-order valence-electron chi connectivity index (χ1n) is 5.59. The second-order valence-corrected chi connectivity index (χ2v) is 4.69. The maximum Gasteiger partial charge on any atom is 0.188 e. The zero-order chi connectivity index (χ0) is 13.3. The van der Waals surface area contributed by atoms with Crippen molar-refractivity contribution < 1.29 is 19.3 Å². The molecule has 0 bridgehead atoms. The minimum Gasteiger partial charge on any atom is -0.389 e. The summed E-state index contributed by atoms with van der Waals surface area (Å²) >= 11 is 0. The fourth-order valence-corrected chi connectivity index (χ4v) is 2.24. The van der Waals surface area contributed by atoms with E-state index in [1.54, 1.807) is 13.8 Å². The van der Waals surface area contributed by atoms with E-state index in [0.29, 0.717) is 0 Å². The van der Waals surface area contributed by atoms with Crippen LogP contribution in [-0.4, -0.2) is 41.5 Å². The summed E-state index contributed by atoms with van der Waals surface area (Å²) in [6, 6.07) is 1.14. The quantitative estimate of drug-likeness (QED) is 0.454. The van der Waals surface area contributed by atoms with Crippen molar-refractivity contribution in [3.05, 3.63) is 10.4 Å². The third-order valence-corrected chi connectivity index (χ3v) is 2.92. The van der Waals surface area contributed by atoms with E-state index in [-0.39, 0.29) is 6.42 Å². The van der Waals surface area contributed by atoms with E-state index >= 15 is 0 Å². The number of aliphatic hydroxyl groups excluding tert-OH is 1. The summed E-state index contributed by atoms with van der Waals surface area (Å²) in [7, 11) is 0. The van der Waals surface area contributed by atoms with Crippen LogP contribution in [0.4, 0.5) is 0 Å². The van der Waals surface area contributed by atoms with Crippen LogP contribution in [0, 0.1) is 11.3 Å². The second-order valence-electron chi connectivity index (χ2n) is 4.69. The molecule has 2 rings (SSSR count). The molecule has 0 spiro atoms. The number of nitrogens with zero attached hydrogens (tertiary/aromatic N) is 4. The first-order valence-corrected chi connectivity index (χ1v) is 5.59. The number of hydrogen-bond acceptors (Lipinski definition) is 6. The lowest BCUT2D eigenvalue weighted by Crippen LogP contribution is -2.39. The molecule has 2 saturated heterocycles. The normalized spacial score (nSPS) is 38.6. The van der Waals surface area contributed by atoms with Crippen LogP contribution in [-0.2, 0) is 14.2 Å². The summed E-state index contributed by atoms with van der Waals surface area (Å²) in [4.78, 5) is 2.73. The average Bonchev–Trinajstić information content (AvgIpc) is 2.73. The zero-order valence-electron chi connectivity index (χ0n) is 10.1. The van der Waals surface area contributed by atoms with Crippen molar-refractivity contribution >= 4 is 0 Å². The van der Waals surface area contributed by atoms with Gasteiger partial charge in [-0.15, -0.1) is 0 Å². The minimum absolute atomic E-state index is 0.106. The molecule has 8 nitrogen and oxygen atoms in total. The summed E-state index contributed by atoms with van der Waals surface area (Å²) in [5.41, 5.74) is 8.57. The highest BCUT2D eigenvalue weighted by Gasteiger charge is 2.55. The van der Waals surface area contributed by atoms with E-state index in [0.717, 1.165) is 0 Å². The van der Waals surface area contributed by atoms with Crippen molar-refractivity contribution in [2.45, 2.75) is 56.7 Å². The number of hydrogen-bond donors (Lipinski definition) is 1. The van der Waals surface area contributed by atoms with Crippen LogP contribution in [0.5, 0.6) is 0 Å². The Hall–Kier alpha value is -1.36. The smallest absolute Gasteiger partial charge is 0.188 e. The molecule has 2 fully saturated rings. The van der Waals surface area contributed by atoms with Gasteiger partial charge in [0.05, 0.1) is 30.7 Å². The Labute approximate surface area is 104 Å². The SMILES string of the molecule is CC1(C)O[C@H]2OC([C@H](O)CC#N)C(N=[N+]=[N-])[C@H]2O1. The van der Waals surface area contributed by atoms with Gasteiger partial charge in [-0.05, 0) is 19.4 Å². The summed E-state index contributed by atoms with van der Waals surface area (Å²) in [5, 5.41) is 22.0. The molecule has 0 saturated carbocycles. The molecule has 18 heavy (non-hydrogen) atoms. The van der Waals surface area contributed by atoms with Gasteiger partial charge < -0.3 is 19.3 Å². The highest BCUT2D eigenvalue weighted by molar-refractivity contribution is 5.01. The van der Waals surface area contributed by atoms with E-state index < -0.39 is 36.4 Å². The Bertz CT molecular complexity index is 415. The monoisotopic (exact) mass is 254 g/mol. The van der Waals surface area contributed by atoms with Crippen molar-refractivity contribution in [3.63, 3.8) is 0 Å². The maximum absolute atomic E-state index is 9.79. The van der Waals surface area contributed by atoms with Gasteiger partial charge in [-0.2, -0.15) is 5.26 Å². The van der Waals surface area contributed by atoms with Crippen molar-refractivity contribution in [2.75, 3.05) is 0 Å². The van der Waals surface area contributed by atoms with Crippen LogP contribution in [0.2, 0.25) is 0 Å². The van der Waals surface area contributed by atoms with E-state index in [1.165, 1.54) is 0 Å². The molecule has 98 valence electrons. The van der Waals surface area contributed by atoms with Crippen LogP contribution in [0.25, 0.3) is 10.4 Å². The average molecular weight is 254 g/mol. The molecule has 5 atom stereocenters. The molecule has 0 radical (unpaired) electrons. The van der Waals surface area contributed by atoms with Crippen LogP contribution in [0.3, 0.4) is 0 Å². The number of fused-ring (bicyclic) bond motifs is 1. The summed E-state index contributed by atoms with van der Waals surface area (Å²) < 4.78 is 16.6. The first-order chi connectivity index (χ1) is 8.48. The van der Waals surface area contributed by atoms with Gasteiger partial charge in [-0.3, -0.25) is 0 Å². The Balaban J connectivity index is 2.17. The zero-order valence-corrected chi connectivity index (χ0v) is 10.1. The topological polar surface area (TPSA) is 120 Å². The summed E-state index contributed by atoms with van der Waals surface area (Å²) in [6.07, 6.45) is -3.17. The lowest BCUT2D eigenvalue weighted by atomic mass is 10.0. The molecule has 2 unspecified atom stereocenters. The molecule has 0 aliphatic carbocycles. The predicted molar refractivity (Wildman–Crippen MR) is 57.9 cm³/mol. The molecular formula is C10H14N4O4. The molecule has 0 aromatic carbocycles. The van der Waals surface area contributed by atoms with Crippen molar-refractivity contribution in [3.8, 4) is 6.07 Å². The van der Waals surface area contributed by atoms with Crippen molar-refractivity contribution in [1.29, 1.82) is 5.26 Å².